The first kappa shape index (κ1) is 13.2. The molecule has 82 valence electrons. The highest BCUT2D eigenvalue weighted by molar-refractivity contribution is 5.88. The molecule has 15 heavy (non-hydrogen) atoms. The minimum absolute atomic E-state index is 0.0624. The summed E-state index contributed by atoms with van der Waals surface area (Å²) in [5, 5.41) is 2.67. The van der Waals surface area contributed by atoms with E-state index < -0.39 is 5.97 Å². The van der Waals surface area contributed by atoms with Crippen LogP contribution in [0.5, 0.6) is 0 Å². The SMILES string of the molecule is C=CCOC(=O)C#CCNCC(=O)OC. The van der Waals surface area contributed by atoms with Gasteiger partial charge in [-0.2, -0.15) is 0 Å². The Hall–Kier alpha value is -1.80. The van der Waals surface area contributed by atoms with Crippen molar-refractivity contribution in [3.8, 4) is 11.8 Å². The molecule has 5 heteroatoms. The number of esters is 2. The Balaban J connectivity index is 3.57. The largest absolute Gasteiger partial charge is 0.468 e. The van der Waals surface area contributed by atoms with Gasteiger partial charge in [0.15, 0.2) is 0 Å². The van der Waals surface area contributed by atoms with E-state index in [2.05, 4.69) is 33.2 Å². The van der Waals surface area contributed by atoms with Gasteiger partial charge >= 0.3 is 11.9 Å². The average molecular weight is 211 g/mol. The Labute approximate surface area is 88.4 Å². The Morgan fingerprint density at radius 1 is 1.53 bits per heavy atom. The molecule has 0 aromatic rings. The molecule has 1 N–H and O–H groups in total. The molecule has 0 amide bonds. The number of carbonyl (C=O) groups excluding carboxylic acids is 2. The van der Waals surface area contributed by atoms with Gasteiger partial charge in [0.1, 0.15) is 6.61 Å². The monoisotopic (exact) mass is 211 g/mol. The van der Waals surface area contributed by atoms with Crippen molar-refractivity contribution in [2.45, 2.75) is 0 Å². The number of carbonyl (C=O) groups is 2. The molecule has 0 saturated heterocycles. The van der Waals surface area contributed by atoms with E-state index in [4.69, 9.17) is 0 Å². The van der Waals surface area contributed by atoms with Crippen LogP contribution >= 0.6 is 0 Å². The molecule has 0 radical (unpaired) electrons. The third-order valence-electron chi connectivity index (χ3n) is 1.23. The molecule has 0 rings (SSSR count). The average Bonchev–Trinajstić information content (AvgIpc) is 2.25. The number of hydrogen-bond donors (Lipinski definition) is 1. The van der Waals surface area contributed by atoms with E-state index >= 15 is 0 Å². The maximum atomic E-state index is 10.8. The van der Waals surface area contributed by atoms with E-state index in [1.165, 1.54) is 13.2 Å². The van der Waals surface area contributed by atoms with Crippen LogP contribution < -0.4 is 5.32 Å². The van der Waals surface area contributed by atoms with Crippen LogP contribution in [0.15, 0.2) is 12.7 Å². The van der Waals surface area contributed by atoms with E-state index in [-0.39, 0.29) is 25.7 Å². The zero-order chi connectivity index (χ0) is 11.5. The van der Waals surface area contributed by atoms with Gasteiger partial charge in [-0.3, -0.25) is 10.1 Å². The predicted molar refractivity (Wildman–Crippen MR) is 53.8 cm³/mol. The van der Waals surface area contributed by atoms with Crippen LogP contribution in [0.25, 0.3) is 0 Å². The standard InChI is InChI=1S/C10H13NO4/c1-3-7-15-9(12)5-4-6-11-8-10(13)14-2/h3,11H,1,6-8H2,2H3. The summed E-state index contributed by atoms with van der Waals surface area (Å²) in [6.07, 6.45) is 1.45. The second kappa shape index (κ2) is 8.78. The molecule has 0 aliphatic carbocycles. The minimum atomic E-state index is -0.616. The van der Waals surface area contributed by atoms with Gasteiger partial charge in [0.05, 0.1) is 20.2 Å². The highest BCUT2D eigenvalue weighted by Crippen LogP contribution is 1.75. The topological polar surface area (TPSA) is 64.6 Å². The summed E-state index contributed by atoms with van der Waals surface area (Å²) in [6.45, 7) is 3.81. The van der Waals surface area contributed by atoms with Crippen LogP contribution in [0.4, 0.5) is 0 Å². The van der Waals surface area contributed by atoms with E-state index in [0.717, 1.165) is 0 Å². The summed E-state index contributed by atoms with van der Waals surface area (Å²) in [6, 6.07) is 0. The molecule has 0 saturated carbocycles. The Bertz CT molecular complexity index is 288. The van der Waals surface area contributed by atoms with Crippen LogP contribution in [-0.4, -0.2) is 38.7 Å². The number of nitrogens with one attached hydrogen (secondary N) is 1. The number of hydrogen-bond acceptors (Lipinski definition) is 5. The Kier molecular flexibility index (Phi) is 7.73. The lowest BCUT2D eigenvalue weighted by atomic mass is 10.5. The molecule has 5 nitrogen and oxygen atoms in total. The molecule has 0 aliphatic heterocycles. The van der Waals surface area contributed by atoms with Gasteiger partial charge in [-0.1, -0.05) is 18.6 Å². The molecule has 0 unspecified atom stereocenters. The highest BCUT2D eigenvalue weighted by Gasteiger charge is 1.96. The van der Waals surface area contributed by atoms with Gasteiger partial charge in [-0.25, -0.2) is 4.79 Å². The molecule has 0 heterocycles. The van der Waals surface area contributed by atoms with E-state index in [1.807, 2.05) is 0 Å². The lowest BCUT2D eigenvalue weighted by Crippen LogP contribution is -2.24. The normalized spacial score (nSPS) is 8.33. The van der Waals surface area contributed by atoms with Crippen LogP contribution in [0.1, 0.15) is 0 Å². The smallest absolute Gasteiger partial charge is 0.384 e. The van der Waals surface area contributed by atoms with Crippen molar-refractivity contribution in [2.75, 3.05) is 26.8 Å². The van der Waals surface area contributed by atoms with Gasteiger partial charge in [0.2, 0.25) is 0 Å². The Morgan fingerprint density at radius 2 is 2.27 bits per heavy atom. The molecule has 0 fully saturated rings. The first-order valence-electron chi connectivity index (χ1n) is 4.24. The predicted octanol–water partition coefficient (Wildman–Crippen LogP) is -0.518. The molecule has 0 aliphatic rings. The number of ether oxygens (including phenoxy) is 2. The van der Waals surface area contributed by atoms with Crippen molar-refractivity contribution in [3.63, 3.8) is 0 Å². The molecule has 0 spiro atoms. The first-order valence-corrected chi connectivity index (χ1v) is 4.24. The molecule has 0 aromatic carbocycles. The summed E-state index contributed by atoms with van der Waals surface area (Å²) in [5.74, 6) is 3.73. The van der Waals surface area contributed by atoms with Crippen molar-refractivity contribution < 1.29 is 19.1 Å². The third-order valence-corrected chi connectivity index (χ3v) is 1.23. The first-order chi connectivity index (χ1) is 7.20. The van der Waals surface area contributed by atoms with Gasteiger partial charge in [-0.05, 0) is 0 Å². The highest BCUT2D eigenvalue weighted by atomic mass is 16.5. The van der Waals surface area contributed by atoms with Crippen LogP contribution in [0, 0.1) is 11.8 Å². The molecule has 0 aromatic heterocycles. The van der Waals surface area contributed by atoms with Gasteiger partial charge in [0, 0.05) is 5.92 Å². The fourth-order valence-electron chi connectivity index (χ4n) is 0.586. The van der Waals surface area contributed by atoms with Gasteiger partial charge in [-0.15, -0.1) is 0 Å². The van der Waals surface area contributed by atoms with E-state index in [1.54, 1.807) is 0 Å². The maximum Gasteiger partial charge on any atom is 0.384 e. The van der Waals surface area contributed by atoms with E-state index in [9.17, 15) is 9.59 Å². The number of methoxy groups -OCH3 is 1. The zero-order valence-corrected chi connectivity index (χ0v) is 8.54. The van der Waals surface area contributed by atoms with Crippen molar-refractivity contribution in [3.05, 3.63) is 12.7 Å². The van der Waals surface area contributed by atoms with Gasteiger partial charge < -0.3 is 9.47 Å². The fraction of sp³-hybridized carbons (Fsp3) is 0.400. The van der Waals surface area contributed by atoms with Crippen LogP contribution in [0.2, 0.25) is 0 Å². The summed E-state index contributed by atoms with van der Waals surface area (Å²) in [7, 11) is 1.29. The minimum Gasteiger partial charge on any atom is -0.468 e. The summed E-state index contributed by atoms with van der Waals surface area (Å²) in [5.41, 5.74) is 0. The maximum absolute atomic E-state index is 10.8. The lowest BCUT2D eigenvalue weighted by Gasteiger charge is -1.97. The number of rotatable bonds is 5. The van der Waals surface area contributed by atoms with Crippen molar-refractivity contribution in [2.24, 2.45) is 0 Å². The molecule has 0 atom stereocenters. The molecular weight excluding hydrogens is 198 g/mol. The van der Waals surface area contributed by atoms with Crippen molar-refractivity contribution in [1.82, 2.24) is 5.32 Å². The second-order valence-electron chi connectivity index (χ2n) is 2.37. The Morgan fingerprint density at radius 3 is 2.87 bits per heavy atom. The third kappa shape index (κ3) is 8.53. The zero-order valence-electron chi connectivity index (χ0n) is 8.54. The summed E-state index contributed by atoms with van der Waals surface area (Å²) in [4.78, 5) is 21.4. The lowest BCUT2D eigenvalue weighted by molar-refractivity contribution is -0.139. The van der Waals surface area contributed by atoms with Crippen molar-refractivity contribution in [1.29, 1.82) is 0 Å². The van der Waals surface area contributed by atoms with Crippen molar-refractivity contribution >= 4 is 11.9 Å². The summed E-state index contributed by atoms with van der Waals surface area (Å²) >= 11 is 0. The van der Waals surface area contributed by atoms with E-state index in [0.29, 0.717) is 0 Å². The van der Waals surface area contributed by atoms with Gasteiger partial charge in [0.25, 0.3) is 0 Å². The quantitative estimate of drug-likeness (QED) is 0.218. The molecule has 0 bridgehead atoms. The van der Waals surface area contributed by atoms with Crippen LogP contribution in [-0.2, 0) is 19.1 Å². The summed E-state index contributed by atoms with van der Waals surface area (Å²) < 4.78 is 8.97. The second-order valence-corrected chi connectivity index (χ2v) is 2.37. The molecular formula is C10H13NO4. The van der Waals surface area contributed by atoms with Crippen LogP contribution in [0.3, 0.4) is 0 Å². The fourth-order valence-corrected chi connectivity index (χ4v) is 0.586.